The quantitative estimate of drug-likeness (QED) is 0.883. The second kappa shape index (κ2) is 5.34. The van der Waals surface area contributed by atoms with Gasteiger partial charge in [-0.3, -0.25) is 4.90 Å². The van der Waals surface area contributed by atoms with E-state index >= 15 is 0 Å². The van der Waals surface area contributed by atoms with Gasteiger partial charge in [0.25, 0.3) is 0 Å². The fraction of sp³-hybridized carbons (Fsp3) is 0.500. The average molecular weight is 280 g/mol. The molecule has 1 aliphatic carbocycles. The van der Waals surface area contributed by atoms with Crippen LogP contribution in [0, 0.1) is 0 Å². The molecule has 2 aromatic rings. The van der Waals surface area contributed by atoms with Crippen LogP contribution in [0.15, 0.2) is 16.8 Å². The van der Waals surface area contributed by atoms with Gasteiger partial charge in [-0.1, -0.05) is 4.49 Å². The van der Waals surface area contributed by atoms with Crippen LogP contribution in [0.4, 0.5) is 5.00 Å². The highest BCUT2D eigenvalue weighted by Gasteiger charge is 2.30. The molecule has 2 aromatic heterocycles. The van der Waals surface area contributed by atoms with Crippen LogP contribution in [-0.2, 0) is 13.1 Å². The van der Waals surface area contributed by atoms with E-state index in [-0.39, 0.29) is 0 Å². The first-order valence-corrected chi connectivity index (χ1v) is 7.82. The van der Waals surface area contributed by atoms with Crippen LogP contribution in [0.3, 0.4) is 0 Å². The second-order valence-corrected chi connectivity index (χ2v) is 6.10. The summed E-state index contributed by atoms with van der Waals surface area (Å²) in [4.78, 5) is 2.51. The molecular weight excluding hydrogens is 264 g/mol. The molecule has 96 valence electrons. The predicted molar refractivity (Wildman–Crippen MR) is 76.0 cm³/mol. The second-order valence-electron chi connectivity index (χ2n) is 4.57. The topological polar surface area (TPSA) is 41.1 Å². The van der Waals surface area contributed by atoms with Crippen LogP contribution in [-0.4, -0.2) is 27.6 Å². The summed E-state index contributed by atoms with van der Waals surface area (Å²) in [5, 5.41) is 12.9. The van der Waals surface area contributed by atoms with E-state index < -0.39 is 0 Å². The number of hydrogen-bond acceptors (Lipinski definition) is 6. The lowest BCUT2D eigenvalue weighted by molar-refractivity contribution is 0.243. The van der Waals surface area contributed by atoms with Gasteiger partial charge in [-0.15, -0.1) is 5.10 Å². The Morgan fingerprint density at radius 3 is 3.00 bits per heavy atom. The summed E-state index contributed by atoms with van der Waals surface area (Å²) in [5.74, 6) is 0. The number of hydrogen-bond donors (Lipinski definition) is 1. The van der Waals surface area contributed by atoms with Gasteiger partial charge in [-0.2, -0.15) is 11.3 Å². The lowest BCUT2D eigenvalue weighted by atomic mass is 10.3. The largest absolute Gasteiger partial charge is 0.377 e. The van der Waals surface area contributed by atoms with E-state index in [9.17, 15) is 0 Å². The molecular formula is C12H16N4S2. The molecule has 0 amide bonds. The van der Waals surface area contributed by atoms with E-state index in [1.807, 2.05) is 7.05 Å². The van der Waals surface area contributed by atoms with Gasteiger partial charge in [0, 0.05) is 37.7 Å². The molecule has 0 spiro atoms. The molecule has 1 saturated carbocycles. The Bertz CT molecular complexity index is 490. The Balaban J connectivity index is 1.70. The minimum absolute atomic E-state index is 0.733. The number of anilines is 1. The molecule has 0 aliphatic heterocycles. The molecule has 0 radical (unpaired) electrons. The molecule has 2 heterocycles. The summed E-state index contributed by atoms with van der Waals surface area (Å²) in [6, 6.07) is 2.94. The summed E-state index contributed by atoms with van der Waals surface area (Å²) < 4.78 is 4.03. The molecule has 0 bridgehead atoms. The van der Waals surface area contributed by atoms with Gasteiger partial charge in [0.05, 0.1) is 0 Å². The summed E-state index contributed by atoms with van der Waals surface area (Å²) in [6.45, 7) is 1.92. The Kier molecular flexibility index (Phi) is 3.58. The van der Waals surface area contributed by atoms with E-state index in [0.29, 0.717) is 0 Å². The molecule has 3 rings (SSSR count). The third-order valence-electron chi connectivity index (χ3n) is 3.16. The van der Waals surface area contributed by atoms with Crippen LogP contribution in [0.25, 0.3) is 0 Å². The van der Waals surface area contributed by atoms with Gasteiger partial charge in [0.2, 0.25) is 0 Å². The van der Waals surface area contributed by atoms with Crippen LogP contribution in [0.5, 0.6) is 0 Å². The van der Waals surface area contributed by atoms with Gasteiger partial charge >= 0.3 is 0 Å². The minimum atomic E-state index is 0.733. The van der Waals surface area contributed by atoms with Gasteiger partial charge in [0.1, 0.15) is 10.7 Å². The van der Waals surface area contributed by atoms with Gasteiger partial charge in [0.15, 0.2) is 0 Å². The van der Waals surface area contributed by atoms with E-state index in [4.69, 9.17) is 0 Å². The summed E-state index contributed by atoms with van der Waals surface area (Å²) in [6.07, 6.45) is 2.63. The summed E-state index contributed by atoms with van der Waals surface area (Å²) in [7, 11) is 1.93. The summed E-state index contributed by atoms with van der Waals surface area (Å²) in [5.41, 5.74) is 2.48. The zero-order valence-electron chi connectivity index (χ0n) is 10.3. The maximum Gasteiger partial charge on any atom is 0.134 e. The Morgan fingerprint density at radius 2 is 2.33 bits per heavy atom. The van der Waals surface area contributed by atoms with Crippen molar-refractivity contribution >= 4 is 27.9 Å². The summed E-state index contributed by atoms with van der Waals surface area (Å²) >= 11 is 3.20. The van der Waals surface area contributed by atoms with Crippen LogP contribution < -0.4 is 5.32 Å². The standard InChI is InChI=1S/C12H16N4S2/c1-13-12-11(14-15-18-12)7-16(10-2-3-10)6-9-4-5-17-8-9/h4-5,8,10,13H,2-3,6-7H2,1H3. The smallest absolute Gasteiger partial charge is 0.134 e. The van der Waals surface area contributed by atoms with Crippen molar-refractivity contribution in [1.29, 1.82) is 0 Å². The number of rotatable bonds is 6. The van der Waals surface area contributed by atoms with Crippen molar-refractivity contribution in [2.24, 2.45) is 0 Å². The minimum Gasteiger partial charge on any atom is -0.377 e. The molecule has 4 nitrogen and oxygen atoms in total. The molecule has 0 atom stereocenters. The molecule has 1 fully saturated rings. The highest BCUT2D eigenvalue weighted by molar-refractivity contribution is 7.10. The first-order valence-electron chi connectivity index (χ1n) is 6.11. The van der Waals surface area contributed by atoms with E-state index in [1.54, 1.807) is 11.3 Å². The third-order valence-corrected chi connectivity index (χ3v) is 4.68. The predicted octanol–water partition coefficient (Wildman–Crippen LogP) is 2.81. The first kappa shape index (κ1) is 12.1. The van der Waals surface area contributed by atoms with Crippen molar-refractivity contribution in [3.8, 4) is 0 Å². The fourth-order valence-corrected chi connectivity index (χ4v) is 3.25. The molecule has 0 aromatic carbocycles. The number of nitrogens with zero attached hydrogens (tertiary/aromatic N) is 3. The van der Waals surface area contributed by atoms with Gasteiger partial charge in [-0.05, 0) is 35.2 Å². The Hall–Kier alpha value is -0.980. The fourth-order valence-electron chi connectivity index (χ4n) is 2.07. The lowest BCUT2D eigenvalue weighted by Gasteiger charge is -2.20. The van der Waals surface area contributed by atoms with Crippen LogP contribution in [0.1, 0.15) is 24.1 Å². The molecule has 6 heteroatoms. The monoisotopic (exact) mass is 280 g/mol. The highest BCUT2D eigenvalue weighted by Crippen LogP contribution is 2.31. The van der Waals surface area contributed by atoms with Crippen LogP contribution >= 0.6 is 22.9 Å². The van der Waals surface area contributed by atoms with Crippen molar-refractivity contribution in [2.45, 2.75) is 32.0 Å². The van der Waals surface area contributed by atoms with Crippen molar-refractivity contribution < 1.29 is 0 Å². The van der Waals surface area contributed by atoms with Crippen molar-refractivity contribution in [2.75, 3.05) is 12.4 Å². The van der Waals surface area contributed by atoms with Crippen LogP contribution in [0.2, 0.25) is 0 Å². The molecule has 18 heavy (non-hydrogen) atoms. The zero-order chi connectivity index (χ0) is 12.4. The number of aromatic nitrogens is 2. The zero-order valence-corrected chi connectivity index (χ0v) is 11.9. The van der Waals surface area contributed by atoms with Gasteiger partial charge < -0.3 is 5.32 Å². The van der Waals surface area contributed by atoms with Gasteiger partial charge in [-0.25, -0.2) is 0 Å². The normalized spacial score (nSPS) is 15.2. The average Bonchev–Trinajstić information content (AvgIpc) is 2.92. The van der Waals surface area contributed by atoms with E-state index in [2.05, 4.69) is 36.6 Å². The van der Waals surface area contributed by atoms with Crippen molar-refractivity contribution in [3.63, 3.8) is 0 Å². The lowest BCUT2D eigenvalue weighted by Crippen LogP contribution is -2.25. The third kappa shape index (κ3) is 2.71. The van der Waals surface area contributed by atoms with Crippen molar-refractivity contribution in [3.05, 3.63) is 28.1 Å². The van der Waals surface area contributed by atoms with E-state index in [0.717, 1.165) is 29.8 Å². The maximum absolute atomic E-state index is 4.23. The highest BCUT2D eigenvalue weighted by atomic mass is 32.1. The maximum atomic E-state index is 4.23. The van der Waals surface area contributed by atoms with E-state index in [1.165, 1.54) is 29.9 Å². The Labute approximate surface area is 115 Å². The molecule has 0 unspecified atom stereocenters. The Morgan fingerprint density at radius 1 is 1.44 bits per heavy atom. The van der Waals surface area contributed by atoms with Crippen molar-refractivity contribution in [1.82, 2.24) is 14.5 Å². The molecule has 1 N–H and O–H groups in total. The molecule has 0 saturated heterocycles. The number of nitrogens with one attached hydrogen (secondary N) is 1. The SMILES string of the molecule is CNc1snnc1CN(Cc1ccsc1)C1CC1. The first-order chi connectivity index (χ1) is 8.86. The number of thiophene rings is 1. The molecule has 1 aliphatic rings.